The molecule has 1 heterocycles. The molecule has 116 valence electrons. The van der Waals surface area contributed by atoms with Crippen LogP contribution >= 0.6 is 0 Å². The molecular formula is C14H15N3O5. The number of hydrogen-bond donors (Lipinski definition) is 1. The minimum absolute atomic E-state index is 0.0968. The Balaban J connectivity index is 2.18. The molecule has 0 saturated heterocycles. The Bertz CT molecular complexity index is 642. The number of carbonyl (C=O) groups excluding carboxylic acids is 1. The van der Waals surface area contributed by atoms with Crippen LogP contribution in [-0.4, -0.2) is 42.7 Å². The van der Waals surface area contributed by atoms with Gasteiger partial charge in [0.25, 0.3) is 5.88 Å². The number of aromatic amines is 1. The molecule has 1 aromatic heterocycles. The summed E-state index contributed by atoms with van der Waals surface area (Å²) in [5.41, 5.74) is 0.687. The molecule has 0 unspecified atom stereocenters. The van der Waals surface area contributed by atoms with Gasteiger partial charge < -0.3 is 18.9 Å². The first-order valence-electron chi connectivity index (χ1n) is 6.23. The average molecular weight is 305 g/mol. The van der Waals surface area contributed by atoms with Crippen LogP contribution in [0.3, 0.4) is 0 Å². The van der Waals surface area contributed by atoms with Crippen LogP contribution in [0.25, 0.3) is 6.08 Å². The van der Waals surface area contributed by atoms with Crippen LogP contribution < -0.4 is 18.9 Å². The van der Waals surface area contributed by atoms with E-state index in [1.54, 1.807) is 18.2 Å². The van der Waals surface area contributed by atoms with Crippen molar-refractivity contribution in [3.05, 3.63) is 30.0 Å². The largest absolute Gasteiger partial charge is 0.493 e. The first-order chi connectivity index (χ1) is 10.7. The molecule has 0 amide bonds. The molecule has 2 aromatic rings. The Labute approximate surface area is 126 Å². The van der Waals surface area contributed by atoms with Crippen LogP contribution in [-0.2, 0) is 4.79 Å². The highest BCUT2D eigenvalue weighted by Crippen LogP contribution is 2.38. The van der Waals surface area contributed by atoms with Crippen LogP contribution in [0.15, 0.2) is 24.4 Å². The van der Waals surface area contributed by atoms with Crippen molar-refractivity contribution >= 4 is 12.0 Å². The van der Waals surface area contributed by atoms with Crippen molar-refractivity contribution in [2.75, 3.05) is 21.3 Å². The fraction of sp³-hybridized carbons (Fsp3) is 0.214. The van der Waals surface area contributed by atoms with Crippen molar-refractivity contribution in [2.24, 2.45) is 0 Å². The van der Waals surface area contributed by atoms with Gasteiger partial charge in [-0.25, -0.2) is 4.79 Å². The van der Waals surface area contributed by atoms with Gasteiger partial charge in [-0.05, 0) is 23.8 Å². The topological polar surface area (TPSA) is 95.6 Å². The van der Waals surface area contributed by atoms with E-state index in [0.29, 0.717) is 22.8 Å². The number of nitrogens with zero attached hydrogens (tertiary/aromatic N) is 2. The lowest BCUT2D eigenvalue weighted by molar-refractivity contribution is -0.129. The number of H-pyrrole nitrogens is 1. The highest BCUT2D eigenvalue weighted by atomic mass is 16.5. The molecular weight excluding hydrogens is 290 g/mol. The van der Waals surface area contributed by atoms with E-state index in [2.05, 4.69) is 15.4 Å². The molecule has 8 heteroatoms. The van der Waals surface area contributed by atoms with Crippen LogP contribution in [0.5, 0.6) is 23.1 Å². The molecule has 0 spiro atoms. The third-order valence-corrected chi connectivity index (χ3v) is 2.70. The normalized spacial score (nSPS) is 10.5. The minimum atomic E-state index is -0.581. The van der Waals surface area contributed by atoms with E-state index in [4.69, 9.17) is 18.9 Å². The van der Waals surface area contributed by atoms with Gasteiger partial charge >= 0.3 is 5.97 Å². The van der Waals surface area contributed by atoms with Gasteiger partial charge in [0.2, 0.25) is 5.75 Å². The summed E-state index contributed by atoms with van der Waals surface area (Å²) in [6.07, 6.45) is 4.12. The molecule has 0 aliphatic carbocycles. The maximum absolute atomic E-state index is 11.6. The SMILES string of the molecule is COc1cc(C=CC(=O)Oc2cn[nH]n2)cc(OC)c1OC. The lowest BCUT2D eigenvalue weighted by atomic mass is 10.1. The first kappa shape index (κ1) is 15.4. The molecule has 22 heavy (non-hydrogen) atoms. The second-order valence-corrected chi connectivity index (χ2v) is 4.02. The molecule has 2 rings (SSSR count). The molecule has 1 aromatic carbocycles. The number of methoxy groups -OCH3 is 3. The Morgan fingerprint density at radius 2 is 1.82 bits per heavy atom. The molecule has 0 aliphatic heterocycles. The summed E-state index contributed by atoms with van der Waals surface area (Å²) in [6.45, 7) is 0. The molecule has 0 bridgehead atoms. The number of hydrogen-bond acceptors (Lipinski definition) is 7. The van der Waals surface area contributed by atoms with Gasteiger partial charge in [-0.3, -0.25) is 0 Å². The summed E-state index contributed by atoms with van der Waals surface area (Å²) in [7, 11) is 4.55. The van der Waals surface area contributed by atoms with Crippen molar-refractivity contribution in [1.82, 2.24) is 15.4 Å². The van der Waals surface area contributed by atoms with E-state index in [-0.39, 0.29) is 5.88 Å². The predicted octanol–water partition coefficient (Wildman–Crippen LogP) is 1.45. The Hall–Kier alpha value is -3.03. The molecule has 1 N–H and O–H groups in total. The fourth-order valence-corrected chi connectivity index (χ4v) is 1.74. The van der Waals surface area contributed by atoms with Crippen molar-refractivity contribution in [1.29, 1.82) is 0 Å². The Morgan fingerprint density at radius 1 is 1.14 bits per heavy atom. The van der Waals surface area contributed by atoms with Gasteiger partial charge in [0, 0.05) is 6.08 Å². The maximum atomic E-state index is 11.6. The number of benzene rings is 1. The Morgan fingerprint density at radius 3 is 2.32 bits per heavy atom. The number of aromatic nitrogens is 3. The van der Waals surface area contributed by atoms with E-state index in [1.807, 2.05) is 0 Å². The first-order valence-corrected chi connectivity index (χ1v) is 6.23. The zero-order valence-corrected chi connectivity index (χ0v) is 12.3. The summed E-state index contributed by atoms with van der Waals surface area (Å²) in [5, 5.41) is 9.50. The average Bonchev–Trinajstić information content (AvgIpc) is 3.04. The summed E-state index contributed by atoms with van der Waals surface area (Å²) < 4.78 is 20.6. The van der Waals surface area contributed by atoms with Gasteiger partial charge in [-0.15, -0.1) is 5.10 Å². The van der Waals surface area contributed by atoms with E-state index < -0.39 is 5.97 Å². The number of ether oxygens (including phenoxy) is 4. The second-order valence-electron chi connectivity index (χ2n) is 4.02. The van der Waals surface area contributed by atoms with Crippen molar-refractivity contribution in [3.8, 4) is 23.1 Å². The number of esters is 1. The Kier molecular flexibility index (Phi) is 4.97. The monoisotopic (exact) mass is 305 g/mol. The van der Waals surface area contributed by atoms with E-state index in [1.165, 1.54) is 33.6 Å². The molecule has 8 nitrogen and oxygen atoms in total. The van der Waals surface area contributed by atoms with Crippen molar-refractivity contribution in [3.63, 3.8) is 0 Å². The third kappa shape index (κ3) is 3.54. The molecule has 0 fully saturated rings. The van der Waals surface area contributed by atoms with Crippen LogP contribution in [0, 0.1) is 0 Å². The number of nitrogens with one attached hydrogen (secondary N) is 1. The lowest BCUT2D eigenvalue weighted by Crippen LogP contribution is -2.03. The van der Waals surface area contributed by atoms with Gasteiger partial charge in [-0.1, -0.05) is 0 Å². The molecule has 0 atom stereocenters. The van der Waals surface area contributed by atoms with Crippen LogP contribution in [0.2, 0.25) is 0 Å². The molecule has 0 aliphatic rings. The standard InChI is InChI=1S/C14H15N3O5/c1-19-10-6-9(7-11(20-2)14(10)21-3)4-5-13(18)22-12-8-15-17-16-12/h4-8H,1-3H3,(H,15,16,17). The van der Waals surface area contributed by atoms with Crippen LogP contribution in [0.1, 0.15) is 5.56 Å². The second kappa shape index (κ2) is 7.11. The summed E-state index contributed by atoms with van der Waals surface area (Å²) in [6, 6.07) is 3.42. The number of carbonyl (C=O) groups is 1. The van der Waals surface area contributed by atoms with Gasteiger partial charge in [0.05, 0.1) is 21.3 Å². The summed E-state index contributed by atoms with van der Waals surface area (Å²) >= 11 is 0. The van der Waals surface area contributed by atoms with Gasteiger partial charge in [0.15, 0.2) is 11.5 Å². The third-order valence-electron chi connectivity index (χ3n) is 2.70. The zero-order chi connectivity index (χ0) is 15.9. The van der Waals surface area contributed by atoms with E-state index >= 15 is 0 Å². The molecule has 0 radical (unpaired) electrons. The quantitative estimate of drug-likeness (QED) is 0.637. The zero-order valence-electron chi connectivity index (χ0n) is 12.3. The van der Waals surface area contributed by atoms with Gasteiger partial charge in [-0.2, -0.15) is 10.3 Å². The fourth-order valence-electron chi connectivity index (χ4n) is 1.74. The maximum Gasteiger partial charge on any atom is 0.337 e. The highest BCUT2D eigenvalue weighted by Gasteiger charge is 2.12. The van der Waals surface area contributed by atoms with Crippen LogP contribution in [0.4, 0.5) is 0 Å². The van der Waals surface area contributed by atoms with Crippen molar-refractivity contribution in [2.45, 2.75) is 0 Å². The summed E-state index contributed by atoms with van der Waals surface area (Å²) in [4.78, 5) is 11.6. The number of rotatable bonds is 6. The van der Waals surface area contributed by atoms with Gasteiger partial charge in [0.1, 0.15) is 6.20 Å². The van der Waals surface area contributed by atoms with E-state index in [9.17, 15) is 4.79 Å². The lowest BCUT2D eigenvalue weighted by Gasteiger charge is -2.12. The minimum Gasteiger partial charge on any atom is -0.493 e. The molecule has 0 saturated carbocycles. The van der Waals surface area contributed by atoms with E-state index in [0.717, 1.165) is 0 Å². The smallest absolute Gasteiger partial charge is 0.337 e. The highest BCUT2D eigenvalue weighted by molar-refractivity contribution is 5.88. The summed E-state index contributed by atoms with van der Waals surface area (Å²) in [5.74, 6) is 0.979. The predicted molar refractivity (Wildman–Crippen MR) is 77.1 cm³/mol. The van der Waals surface area contributed by atoms with Crippen molar-refractivity contribution < 1.29 is 23.7 Å².